The average Bonchev–Trinajstić information content (AvgIpc) is 2.57. The van der Waals surface area contributed by atoms with Crippen LogP contribution in [0.5, 0.6) is 0 Å². The second kappa shape index (κ2) is 8.79. The number of guanidine groups is 1. The summed E-state index contributed by atoms with van der Waals surface area (Å²) in [7, 11) is 1.86. The number of piperidine rings is 1. The van der Waals surface area contributed by atoms with Crippen molar-refractivity contribution in [2.75, 3.05) is 26.7 Å². The van der Waals surface area contributed by atoms with E-state index in [2.05, 4.69) is 53.3 Å². The summed E-state index contributed by atoms with van der Waals surface area (Å²) in [5, 5.41) is 3.51. The zero-order chi connectivity index (χ0) is 15.8. The van der Waals surface area contributed by atoms with Gasteiger partial charge in [0.15, 0.2) is 5.96 Å². The molecule has 0 aliphatic carbocycles. The highest BCUT2D eigenvalue weighted by Crippen LogP contribution is 2.14. The molecule has 0 saturated carbocycles. The molecular weight excluding hydrogens is 274 g/mol. The van der Waals surface area contributed by atoms with Crippen molar-refractivity contribution >= 4 is 5.96 Å². The van der Waals surface area contributed by atoms with Crippen molar-refractivity contribution in [2.24, 2.45) is 4.99 Å². The summed E-state index contributed by atoms with van der Waals surface area (Å²) in [6.07, 6.45) is 3.65. The number of benzene rings is 1. The molecule has 0 aromatic heterocycles. The standard InChI is InChI=1S/C18H29N3O/c1-4-15-8-6-7-9-16(15)14-20-18(19-3)21-12-10-17(11-13-21)22-5-2/h6-9,17H,4-5,10-14H2,1-3H3,(H,19,20). The minimum Gasteiger partial charge on any atom is -0.378 e. The van der Waals surface area contributed by atoms with Gasteiger partial charge in [-0.05, 0) is 37.3 Å². The lowest BCUT2D eigenvalue weighted by molar-refractivity contribution is 0.0263. The maximum atomic E-state index is 5.72. The molecule has 122 valence electrons. The van der Waals surface area contributed by atoms with Crippen LogP contribution in [0.15, 0.2) is 29.3 Å². The van der Waals surface area contributed by atoms with Gasteiger partial charge in [-0.15, -0.1) is 0 Å². The van der Waals surface area contributed by atoms with Crippen molar-refractivity contribution in [3.05, 3.63) is 35.4 Å². The first kappa shape index (κ1) is 16.8. The molecule has 1 aliphatic rings. The van der Waals surface area contributed by atoms with Gasteiger partial charge in [-0.2, -0.15) is 0 Å². The number of hydrogen-bond donors (Lipinski definition) is 1. The molecule has 1 aromatic rings. The number of nitrogens with one attached hydrogen (secondary N) is 1. The highest BCUT2D eigenvalue weighted by atomic mass is 16.5. The van der Waals surface area contributed by atoms with Gasteiger partial charge in [0.05, 0.1) is 6.10 Å². The summed E-state index contributed by atoms with van der Waals surface area (Å²) in [4.78, 5) is 6.78. The van der Waals surface area contributed by atoms with E-state index in [1.54, 1.807) is 0 Å². The second-order valence-electron chi connectivity index (χ2n) is 5.66. The van der Waals surface area contributed by atoms with Crippen LogP contribution < -0.4 is 5.32 Å². The number of nitrogens with zero attached hydrogens (tertiary/aromatic N) is 2. The fraction of sp³-hybridized carbons (Fsp3) is 0.611. The molecule has 0 radical (unpaired) electrons. The summed E-state index contributed by atoms with van der Waals surface area (Å²) >= 11 is 0. The van der Waals surface area contributed by atoms with E-state index in [-0.39, 0.29) is 0 Å². The highest BCUT2D eigenvalue weighted by Gasteiger charge is 2.21. The SMILES string of the molecule is CCOC1CCN(C(=NC)NCc2ccccc2CC)CC1. The summed E-state index contributed by atoms with van der Waals surface area (Å²) in [5.74, 6) is 1.00. The number of aliphatic imine (C=N–C) groups is 1. The first-order chi connectivity index (χ1) is 10.8. The normalized spacial score (nSPS) is 16.9. The van der Waals surface area contributed by atoms with Crippen LogP contribution in [0.2, 0.25) is 0 Å². The molecule has 4 nitrogen and oxygen atoms in total. The smallest absolute Gasteiger partial charge is 0.193 e. The van der Waals surface area contributed by atoms with Gasteiger partial charge in [-0.1, -0.05) is 31.2 Å². The Hall–Kier alpha value is -1.55. The summed E-state index contributed by atoms with van der Waals surface area (Å²) in [6, 6.07) is 8.61. The maximum Gasteiger partial charge on any atom is 0.193 e. The summed E-state index contributed by atoms with van der Waals surface area (Å²) in [6.45, 7) is 7.94. The summed E-state index contributed by atoms with van der Waals surface area (Å²) in [5.41, 5.74) is 2.76. The first-order valence-corrected chi connectivity index (χ1v) is 8.42. The minimum absolute atomic E-state index is 0.417. The Morgan fingerprint density at radius 1 is 1.23 bits per heavy atom. The molecule has 1 saturated heterocycles. The van der Waals surface area contributed by atoms with Gasteiger partial charge in [0.1, 0.15) is 0 Å². The van der Waals surface area contributed by atoms with Crippen molar-refractivity contribution in [3.63, 3.8) is 0 Å². The van der Waals surface area contributed by atoms with Gasteiger partial charge < -0.3 is 15.0 Å². The monoisotopic (exact) mass is 303 g/mol. The lowest BCUT2D eigenvalue weighted by Gasteiger charge is -2.34. The molecule has 22 heavy (non-hydrogen) atoms. The molecule has 0 spiro atoms. The lowest BCUT2D eigenvalue weighted by Crippen LogP contribution is -2.46. The molecule has 1 N–H and O–H groups in total. The Morgan fingerprint density at radius 3 is 2.50 bits per heavy atom. The number of hydrogen-bond acceptors (Lipinski definition) is 2. The number of likely N-dealkylation sites (tertiary alicyclic amines) is 1. The van der Waals surface area contributed by atoms with Gasteiger partial charge in [0.25, 0.3) is 0 Å². The third-order valence-corrected chi connectivity index (χ3v) is 4.29. The quantitative estimate of drug-likeness (QED) is 0.671. The Labute approximate surface area is 134 Å². The number of rotatable bonds is 5. The van der Waals surface area contributed by atoms with E-state index in [9.17, 15) is 0 Å². The Kier molecular flexibility index (Phi) is 6.72. The topological polar surface area (TPSA) is 36.9 Å². The Bertz CT molecular complexity index is 479. The van der Waals surface area contributed by atoms with E-state index >= 15 is 0 Å². The summed E-state index contributed by atoms with van der Waals surface area (Å²) < 4.78 is 5.72. The highest BCUT2D eigenvalue weighted by molar-refractivity contribution is 5.80. The predicted molar refractivity (Wildman–Crippen MR) is 92.2 cm³/mol. The van der Waals surface area contributed by atoms with Crippen LogP contribution in [0.3, 0.4) is 0 Å². The van der Waals surface area contributed by atoms with E-state index < -0.39 is 0 Å². The molecule has 1 fully saturated rings. The van der Waals surface area contributed by atoms with E-state index in [0.29, 0.717) is 6.10 Å². The zero-order valence-electron chi connectivity index (χ0n) is 14.1. The average molecular weight is 303 g/mol. The third-order valence-electron chi connectivity index (χ3n) is 4.29. The first-order valence-electron chi connectivity index (χ1n) is 8.42. The van der Waals surface area contributed by atoms with Crippen molar-refractivity contribution in [1.82, 2.24) is 10.2 Å². The number of aryl methyl sites for hydroxylation is 1. The molecular formula is C18H29N3O. The molecule has 0 amide bonds. The van der Waals surface area contributed by atoms with Crippen LogP contribution >= 0.6 is 0 Å². The predicted octanol–water partition coefficient (Wildman–Crippen LogP) is 2.83. The minimum atomic E-state index is 0.417. The fourth-order valence-corrected chi connectivity index (χ4v) is 3.05. The van der Waals surface area contributed by atoms with Crippen LogP contribution in [0, 0.1) is 0 Å². The van der Waals surface area contributed by atoms with Gasteiger partial charge in [-0.25, -0.2) is 0 Å². The van der Waals surface area contributed by atoms with E-state index in [1.807, 2.05) is 7.05 Å². The Morgan fingerprint density at radius 2 is 1.91 bits per heavy atom. The molecule has 0 atom stereocenters. The molecule has 1 heterocycles. The van der Waals surface area contributed by atoms with Crippen LogP contribution in [0.4, 0.5) is 0 Å². The van der Waals surface area contributed by atoms with Crippen LogP contribution in [-0.4, -0.2) is 43.7 Å². The largest absolute Gasteiger partial charge is 0.378 e. The molecule has 0 bridgehead atoms. The van der Waals surface area contributed by atoms with Crippen LogP contribution in [-0.2, 0) is 17.7 Å². The van der Waals surface area contributed by atoms with Gasteiger partial charge in [0.2, 0.25) is 0 Å². The van der Waals surface area contributed by atoms with Gasteiger partial charge in [-0.3, -0.25) is 4.99 Å². The van der Waals surface area contributed by atoms with E-state index in [0.717, 1.165) is 51.5 Å². The molecule has 1 aliphatic heterocycles. The van der Waals surface area contributed by atoms with E-state index in [4.69, 9.17) is 4.74 Å². The zero-order valence-corrected chi connectivity index (χ0v) is 14.1. The Balaban J connectivity index is 1.88. The molecule has 2 rings (SSSR count). The molecule has 1 aromatic carbocycles. The van der Waals surface area contributed by atoms with Crippen LogP contribution in [0.1, 0.15) is 37.8 Å². The molecule has 0 unspecified atom stereocenters. The third kappa shape index (κ3) is 4.47. The van der Waals surface area contributed by atoms with Crippen molar-refractivity contribution < 1.29 is 4.74 Å². The van der Waals surface area contributed by atoms with Crippen molar-refractivity contribution in [1.29, 1.82) is 0 Å². The van der Waals surface area contributed by atoms with Crippen molar-refractivity contribution in [3.8, 4) is 0 Å². The van der Waals surface area contributed by atoms with Gasteiger partial charge in [0, 0.05) is 33.3 Å². The number of ether oxygens (including phenoxy) is 1. The fourth-order valence-electron chi connectivity index (χ4n) is 3.05. The second-order valence-corrected chi connectivity index (χ2v) is 5.66. The maximum absolute atomic E-state index is 5.72. The van der Waals surface area contributed by atoms with Crippen molar-refractivity contribution in [2.45, 2.75) is 45.8 Å². The molecule has 4 heteroatoms. The lowest BCUT2D eigenvalue weighted by atomic mass is 10.1. The van der Waals surface area contributed by atoms with Crippen LogP contribution in [0.25, 0.3) is 0 Å². The van der Waals surface area contributed by atoms with Gasteiger partial charge >= 0.3 is 0 Å². The van der Waals surface area contributed by atoms with E-state index in [1.165, 1.54) is 11.1 Å².